The van der Waals surface area contributed by atoms with Gasteiger partial charge in [0, 0.05) is 36.3 Å². The van der Waals surface area contributed by atoms with Crippen molar-refractivity contribution in [1.82, 2.24) is 10.1 Å². The lowest BCUT2D eigenvalue weighted by molar-refractivity contribution is -0.0533. The minimum atomic E-state index is -2.59. The average molecular weight is 308 g/mol. The van der Waals surface area contributed by atoms with Gasteiger partial charge in [0.05, 0.1) is 11.9 Å². The van der Waals surface area contributed by atoms with Crippen molar-refractivity contribution in [3.63, 3.8) is 0 Å². The van der Waals surface area contributed by atoms with E-state index in [1.807, 2.05) is 13.8 Å². The van der Waals surface area contributed by atoms with E-state index in [4.69, 9.17) is 9.26 Å². The molecule has 2 aromatic heterocycles. The molecule has 22 heavy (non-hydrogen) atoms. The summed E-state index contributed by atoms with van der Waals surface area (Å²) < 4.78 is 37.9. The third-order valence-electron chi connectivity index (χ3n) is 4.36. The molecule has 118 valence electrons. The molecule has 0 saturated carbocycles. The molecule has 1 aliphatic carbocycles. The largest absolute Gasteiger partial charge is 0.372 e. The van der Waals surface area contributed by atoms with Gasteiger partial charge in [-0.2, -0.15) is 0 Å². The van der Waals surface area contributed by atoms with Crippen molar-refractivity contribution in [1.29, 1.82) is 0 Å². The number of rotatable bonds is 3. The first-order valence-electron chi connectivity index (χ1n) is 7.12. The van der Waals surface area contributed by atoms with Crippen LogP contribution in [0.4, 0.5) is 8.78 Å². The Bertz CT molecular complexity index is 684. The quantitative estimate of drug-likeness (QED) is 0.866. The van der Waals surface area contributed by atoms with Crippen LogP contribution in [-0.2, 0) is 22.2 Å². The number of pyridine rings is 1. The number of hydrogen-bond acceptors (Lipinski definition) is 4. The van der Waals surface area contributed by atoms with Gasteiger partial charge in [-0.3, -0.25) is 4.98 Å². The van der Waals surface area contributed by atoms with Gasteiger partial charge in [0.15, 0.2) is 0 Å². The molecule has 3 rings (SSSR count). The molecule has 4 nitrogen and oxygen atoms in total. The van der Waals surface area contributed by atoms with E-state index in [1.165, 1.54) is 18.3 Å². The van der Waals surface area contributed by atoms with E-state index in [1.54, 1.807) is 13.3 Å². The molecule has 0 aromatic carbocycles. The van der Waals surface area contributed by atoms with Gasteiger partial charge in [-0.25, -0.2) is 8.78 Å². The summed E-state index contributed by atoms with van der Waals surface area (Å²) in [7, 11) is 1.54. The second-order valence-corrected chi connectivity index (χ2v) is 6.36. The summed E-state index contributed by atoms with van der Waals surface area (Å²) in [5, 5.41) is 3.85. The zero-order valence-electron chi connectivity index (χ0n) is 12.8. The fraction of sp³-hybridized carbons (Fsp3) is 0.500. The van der Waals surface area contributed by atoms with Crippen LogP contribution < -0.4 is 0 Å². The van der Waals surface area contributed by atoms with E-state index in [-0.39, 0.29) is 11.0 Å². The van der Waals surface area contributed by atoms with Crippen LogP contribution in [0.15, 0.2) is 29.0 Å². The van der Waals surface area contributed by atoms with Crippen molar-refractivity contribution in [3.05, 3.63) is 47.1 Å². The Hall–Kier alpha value is -1.82. The Morgan fingerprint density at radius 1 is 1.36 bits per heavy atom. The summed E-state index contributed by atoms with van der Waals surface area (Å²) in [6.45, 7) is 3.99. The van der Waals surface area contributed by atoms with Crippen molar-refractivity contribution in [3.8, 4) is 0 Å². The highest BCUT2D eigenvalue weighted by Gasteiger charge is 2.49. The topological polar surface area (TPSA) is 48.2 Å². The SMILES string of the molecule is COC1(c2ncccc2C(F)F)Cc2cnoc2C(C)(C)C1. The number of ether oxygens (including phenoxy) is 1. The molecule has 2 aromatic rings. The molecule has 0 aliphatic heterocycles. The Balaban J connectivity index is 2.16. The molecule has 6 heteroatoms. The van der Waals surface area contributed by atoms with Crippen LogP contribution in [0.2, 0.25) is 0 Å². The summed E-state index contributed by atoms with van der Waals surface area (Å²) >= 11 is 0. The number of fused-ring (bicyclic) bond motifs is 1. The average Bonchev–Trinajstić information content (AvgIpc) is 2.95. The highest BCUT2D eigenvalue weighted by molar-refractivity contribution is 5.36. The lowest BCUT2D eigenvalue weighted by Gasteiger charge is -2.42. The van der Waals surface area contributed by atoms with Gasteiger partial charge < -0.3 is 9.26 Å². The minimum Gasteiger partial charge on any atom is -0.372 e. The van der Waals surface area contributed by atoms with Gasteiger partial charge in [0.25, 0.3) is 6.43 Å². The van der Waals surface area contributed by atoms with E-state index in [9.17, 15) is 8.78 Å². The first-order valence-corrected chi connectivity index (χ1v) is 7.12. The predicted molar refractivity (Wildman–Crippen MR) is 75.7 cm³/mol. The maximum absolute atomic E-state index is 13.4. The number of methoxy groups -OCH3 is 1. The monoisotopic (exact) mass is 308 g/mol. The van der Waals surface area contributed by atoms with Crippen LogP contribution in [0.3, 0.4) is 0 Å². The first kappa shape index (κ1) is 15.1. The summed E-state index contributed by atoms with van der Waals surface area (Å²) in [5.74, 6) is 0.787. The van der Waals surface area contributed by atoms with Crippen LogP contribution in [0, 0.1) is 0 Å². The number of alkyl halides is 2. The lowest BCUT2D eigenvalue weighted by Crippen LogP contribution is -2.43. The molecule has 0 amide bonds. The maximum Gasteiger partial charge on any atom is 0.265 e. The number of halogens is 2. The van der Waals surface area contributed by atoms with Crippen LogP contribution in [-0.4, -0.2) is 17.3 Å². The zero-order valence-corrected chi connectivity index (χ0v) is 12.8. The van der Waals surface area contributed by atoms with Crippen molar-refractivity contribution < 1.29 is 18.0 Å². The van der Waals surface area contributed by atoms with E-state index in [0.717, 1.165) is 11.3 Å². The van der Waals surface area contributed by atoms with Gasteiger partial charge in [0.1, 0.15) is 11.4 Å². The molecule has 0 saturated heterocycles. The molecule has 0 bridgehead atoms. The molecule has 0 radical (unpaired) electrons. The Labute approximate surface area is 127 Å². The second-order valence-electron chi connectivity index (χ2n) is 6.36. The van der Waals surface area contributed by atoms with Crippen LogP contribution >= 0.6 is 0 Å². The van der Waals surface area contributed by atoms with Crippen molar-refractivity contribution in [2.24, 2.45) is 0 Å². The minimum absolute atomic E-state index is 0.0833. The number of hydrogen-bond donors (Lipinski definition) is 0. The normalized spacial score (nSPS) is 23.5. The summed E-state index contributed by atoms with van der Waals surface area (Å²) in [6, 6.07) is 2.93. The molecular weight excluding hydrogens is 290 g/mol. The van der Waals surface area contributed by atoms with E-state index in [2.05, 4.69) is 10.1 Å². The molecule has 0 fully saturated rings. The molecule has 1 aliphatic rings. The molecule has 0 N–H and O–H groups in total. The Kier molecular flexibility index (Phi) is 3.51. The fourth-order valence-electron chi connectivity index (χ4n) is 3.49. The first-order chi connectivity index (χ1) is 10.4. The lowest BCUT2D eigenvalue weighted by atomic mass is 9.68. The van der Waals surface area contributed by atoms with E-state index >= 15 is 0 Å². The molecule has 1 atom stereocenters. The number of nitrogens with zero attached hydrogens (tertiary/aromatic N) is 2. The van der Waals surface area contributed by atoms with Gasteiger partial charge >= 0.3 is 0 Å². The molecule has 0 spiro atoms. The Morgan fingerprint density at radius 3 is 2.82 bits per heavy atom. The molecule has 1 unspecified atom stereocenters. The van der Waals surface area contributed by atoms with Crippen molar-refractivity contribution in [2.75, 3.05) is 7.11 Å². The predicted octanol–water partition coefficient (Wildman–Crippen LogP) is 3.77. The van der Waals surface area contributed by atoms with Gasteiger partial charge in [0.2, 0.25) is 0 Å². The summed E-state index contributed by atoms with van der Waals surface area (Å²) in [4.78, 5) is 4.23. The third-order valence-corrected chi connectivity index (χ3v) is 4.36. The highest BCUT2D eigenvalue weighted by Crippen LogP contribution is 2.48. The standard InChI is InChI=1S/C16H18F2N2O2/c1-15(2)9-16(21-3,7-10-8-20-22-13(10)15)12-11(14(17)18)5-4-6-19-12/h4-6,8,14H,7,9H2,1-3H3. The van der Waals surface area contributed by atoms with Crippen LogP contribution in [0.5, 0.6) is 0 Å². The molecular formula is C16H18F2N2O2. The fourth-order valence-corrected chi connectivity index (χ4v) is 3.49. The highest BCUT2D eigenvalue weighted by atomic mass is 19.3. The second kappa shape index (κ2) is 5.12. The molecule has 2 heterocycles. The number of aromatic nitrogens is 2. The van der Waals surface area contributed by atoms with Gasteiger partial charge in [-0.05, 0) is 18.6 Å². The van der Waals surface area contributed by atoms with Gasteiger partial charge in [-0.15, -0.1) is 0 Å². The van der Waals surface area contributed by atoms with E-state index in [0.29, 0.717) is 18.5 Å². The summed E-state index contributed by atoms with van der Waals surface area (Å²) in [5.41, 5.74) is -0.192. The smallest absolute Gasteiger partial charge is 0.265 e. The van der Waals surface area contributed by atoms with Crippen LogP contribution in [0.25, 0.3) is 0 Å². The third kappa shape index (κ3) is 2.22. The zero-order chi connectivity index (χ0) is 16.0. The van der Waals surface area contributed by atoms with E-state index < -0.39 is 12.0 Å². The van der Waals surface area contributed by atoms with Gasteiger partial charge in [-0.1, -0.05) is 19.0 Å². The van der Waals surface area contributed by atoms with Crippen molar-refractivity contribution >= 4 is 0 Å². The maximum atomic E-state index is 13.4. The summed E-state index contributed by atoms with van der Waals surface area (Å²) in [6.07, 6.45) is 1.48. The Morgan fingerprint density at radius 2 is 2.14 bits per heavy atom. The van der Waals surface area contributed by atoms with Crippen molar-refractivity contribution in [2.45, 2.75) is 44.1 Å². The van der Waals surface area contributed by atoms with Crippen LogP contribution in [0.1, 0.15) is 49.3 Å².